The molecule has 1 nitrogen and oxygen atoms in total. The Kier molecular flexibility index (Phi) is 5.39. The van der Waals surface area contributed by atoms with E-state index in [1.54, 1.807) is 71.7 Å². The van der Waals surface area contributed by atoms with Crippen LogP contribution in [0.4, 0.5) is 17.1 Å². The van der Waals surface area contributed by atoms with Crippen molar-refractivity contribution in [2.24, 2.45) is 0 Å². The summed E-state index contributed by atoms with van der Waals surface area (Å²) < 4.78 is 0. The Morgan fingerprint density at radius 3 is 1.27 bits per heavy atom. The number of hydrogen-bond donors (Lipinski definition) is 0. The summed E-state index contributed by atoms with van der Waals surface area (Å²) in [5.74, 6) is 0. The molecule has 0 saturated heterocycles. The van der Waals surface area contributed by atoms with E-state index in [4.69, 9.17) is 0 Å². The molecule has 0 bridgehead atoms. The number of benzene rings is 5. The van der Waals surface area contributed by atoms with E-state index < -0.39 is 0 Å². The Bertz CT molecular complexity index is 2340. The van der Waals surface area contributed by atoms with Crippen molar-refractivity contribution in [3.63, 3.8) is 0 Å². The average Bonchev–Trinajstić information content (AvgIpc) is 3.08. The zero-order chi connectivity index (χ0) is 35.5. The van der Waals surface area contributed by atoms with Gasteiger partial charge in [-0.25, -0.2) is 0 Å². The number of rotatable bonds is 3. The molecule has 0 aromatic heterocycles. The maximum atomic E-state index is 2.82. The summed E-state index contributed by atoms with van der Waals surface area (Å²) in [5, 5.41) is 0. The first-order valence-electron chi connectivity index (χ1n) is 19.8. The van der Waals surface area contributed by atoms with E-state index in [0.29, 0.717) is 0 Å². The Morgan fingerprint density at radius 2 is 0.882 bits per heavy atom. The van der Waals surface area contributed by atoms with Crippen LogP contribution in [0.1, 0.15) is 136 Å². The highest BCUT2D eigenvalue weighted by Gasteiger charge is 2.60. The van der Waals surface area contributed by atoms with Crippen molar-refractivity contribution < 1.29 is 0 Å². The largest absolute Gasteiger partial charge is 0.312 e. The first-order valence-corrected chi connectivity index (χ1v) is 19.8. The van der Waals surface area contributed by atoms with Crippen molar-refractivity contribution in [2.75, 3.05) is 4.90 Å². The van der Waals surface area contributed by atoms with Gasteiger partial charge in [0.1, 0.15) is 0 Å². The lowest BCUT2D eigenvalue weighted by atomic mass is 9.21. The molecule has 0 aliphatic carbocycles. The van der Waals surface area contributed by atoms with Gasteiger partial charge in [0.05, 0.1) is 0 Å². The lowest BCUT2D eigenvalue weighted by molar-refractivity contribution is 0.590. The molecular formula is C48H49B2N. The van der Waals surface area contributed by atoms with Gasteiger partial charge < -0.3 is 4.90 Å². The number of fused-ring (bicyclic) bond motifs is 2. The van der Waals surface area contributed by atoms with Crippen LogP contribution in [0, 0.1) is 13.8 Å². The van der Waals surface area contributed by atoms with E-state index in [0.717, 1.165) is 6.42 Å². The zero-order valence-corrected chi connectivity index (χ0v) is 32.5. The number of anilines is 3. The molecular weight excluding hydrogens is 612 g/mol. The summed E-state index contributed by atoms with van der Waals surface area (Å²) in [5.41, 5.74) is 30.6. The molecule has 0 saturated carbocycles. The van der Waals surface area contributed by atoms with E-state index in [-0.39, 0.29) is 35.1 Å². The molecule has 5 aromatic carbocycles. The SMILES string of the molecule is CCCCc1c2c3c4c5c1C(C)(C)c1cccc6c1B5c1c(ccc(C)c1C6(C)C)N4c1ccc(C)c4c1B3c1c(cccc1C2(C)C)C4(C)C. The van der Waals surface area contributed by atoms with Crippen LogP contribution in [-0.4, -0.2) is 13.4 Å². The van der Waals surface area contributed by atoms with Gasteiger partial charge in [-0.2, -0.15) is 0 Å². The maximum absolute atomic E-state index is 2.82. The van der Waals surface area contributed by atoms with Crippen LogP contribution in [0.3, 0.4) is 0 Å². The van der Waals surface area contributed by atoms with E-state index in [9.17, 15) is 0 Å². The highest BCUT2D eigenvalue weighted by atomic mass is 15.2. The molecule has 6 heterocycles. The second-order valence-corrected chi connectivity index (χ2v) is 19.1. The van der Waals surface area contributed by atoms with Gasteiger partial charge in [-0.05, 0) is 122 Å². The molecule has 11 rings (SSSR count). The van der Waals surface area contributed by atoms with Gasteiger partial charge in [0.25, 0.3) is 0 Å². The van der Waals surface area contributed by atoms with Crippen LogP contribution in [0.25, 0.3) is 0 Å². The first-order chi connectivity index (χ1) is 24.2. The highest BCUT2D eigenvalue weighted by Crippen LogP contribution is 2.54. The molecule has 5 aromatic rings. The fourth-order valence-corrected chi connectivity index (χ4v) is 13.4. The molecule has 252 valence electrons. The van der Waals surface area contributed by atoms with Gasteiger partial charge in [-0.15, -0.1) is 0 Å². The van der Waals surface area contributed by atoms with E-state index in [1.165, 1.54) is 52.2 Å². The molecule has 0 amide bonds. The number of unbranched alkanes of at least 4 members (excludes halogenated alkanes) is 1. The molecule has 0 spiro atoms. The Morgan fingerprint density at radius 1 is 0.490 bits per heavy atom. The zero-order valence-electron chi connectivity index (χ0n) is 32.5. The molecule has 3 heteroatoms. The van der Waals surface area contributed by atoms with Crippen LogP contribution in [0.15, 0.2) is 60.7 Å². The topological polar surface area (TPSA) is 3.24 Å². The third-order valence-electron chi connectivity index (χ3n) is 15.1. The van der Waals surface area contributed by atoms with Gasteiger partial charge >= 0.3 is 0 Å². The first kappa shape index (κ1) is 30.6. The van der Waals surface area contributed by atoms with Crippen molar-refractivity contribution in [1.82, 2.24) is 0 Å². The third-order valence-corrected chi connectivity index (χ3v) is 15.1. The highest BCUT2D eigenvalue weighted by molar-refractivity contribution is 7.04. The number of nitrogens with zero attached hydrogens (tertiary/aromatic N) is 1. The normalized spacial score (nSPS) is 19.6. The van der Waals surface area contributed by atoms with E-state index in [2.05, 4.69) is 142 Å². The average molecular weight is 662 g/mol. The second-order valence-electron chi connectivity index (χ2n) is 19.1. The van der Waals surface area contributed by atoms with Crippen LogP contribution in [0.2, 0.25) is 0 Å². The van der Waals surface area contributed by atoms with Crippen LogP contribution < -0.4 is 37.7 Å². The molecule has 0 N–H and O–H groups in total. The summed E-state index contributed by atoms with van der Waals surface area (Å²) in [4.78, 5) is 2.82. The second kappa shape index (κ2) is 8.97. The summed E-state index contributed by atoms with van der Waals surface area (Å²) in [6.45, 7) is 27.9. The van der Waals surface area contributed by atoms with Crippen molar-refractivity contribution in [2.45, 2.75) is 117 Å². The molecule has 6 aliphatic rings. The Balaban J connectivity index is 1.43. The quantitative estimate of drug-likeness (QED) is 0.179. The van der Waals surface area contributed by atoms with Crippen molar-refractivity contribution in [3.8, 4) is 0 Å². The molecule has 0 fully saturated rings. The fraction of sp³-hybridized carbons (Fsp3) is 0.375. The number of aryl methyl sites for hydroxylation is 2. The summed E-state index contributed by atoms with van der Waals surface area (Å²) in [6, 6.07) is 24.6. The monoisotopic (exact) mass is 661 g/mol. The van der Waals surface area contributed by atoms with Crippen LogP contribution in [-0.2, 0) is 28.1 Å². The van der Waals surface area contributed by atoms with Gasteiger partial charge in [0, 0.05) is 38.7 Å². The van der Waals surface area contributed by atoms with Crippen molar-refractivity contribution >= 4 is 63.3 Å². The summed E-state index contributed by atoms with van der Waals surface area (Å²) in [7, 11) is 0. The molecule has 0 radical (unpaired) electrons. The predicted octanol–water partition coefficient (Wildman–Crippen LogP) is 7.33. The van der Waals surface area contributed by atoms with Crippen molar-refractivity contribution in [1.29, 1.82) is 0 Å². The standard InChI is InChI=1S/C48H49B2N/c1-12-13-16-27-36-42-44-43-37(27)48(10,11)31-20-15-18-29-39(31)50(43)41-33(24-22-26(3)35(41)46(29,6)7)51(44)32-23-21-25(2)34-40(32)49(42)38-28(45(34,4)5)17-14-19-30(38)47(36,8)9/h14-15,17-24H,12-13,16H2,1-11H3. The van der Waals surface area contributed by atoms with E-state index >= 15 is 0 Å². The minimum atomic E-state index is -0.127. The van der Waals surface area contributed by atoms with Crippen LogP contribution >= 0.6 is 0 Å². The molecule has 6 aliphatic heterocycles. The van der Waals surface area contributed by atoms with E-state index in [1.807, 2.05) is 0 Å². The number of hydrogen-bond acceptors (Lipinski definition) is 1. The minimum absolute atomic E-state index is 0.0928. The van der Waals surface area contributed by atoms with Crippen molar-refractivity contribution in [3.05, 3.63) is 122 Å². The fourth-order valence-electron chi connectivity index (χ4n) is 13.4. The predicted molar refractivity (Wildman–Crippen MR) is 220 cm³/mol. The minimum Gasteiger partial charge on any atom is -0.312 e. The van der Waals surface area contributed by atoms with Gasteiger partial charge in [0.2, 0.25) is 13.4 Å². The summed E-state index contributed by atoms with van der Waals surface area (Å²) in [6.07, 6.45) is 3.55. The lowest BCUT2D eigenvalue weighted by Gasteiger charge is -2.58. The van der Waals surface area contributed by atoms with Gasteiger partial charge in [-0.1, -0.05) is 128 Å². The lowest BCUT2D eigenvalue weighted by Crippen LogP contribution is -2.75. The van der Waals surface area contributed by atoms with Gasteiger partial charge in [0.15, 0.2) is 0 Å². The smallest absolute Gasteiger partial charge is 0.248 e. The van der Waals surface area contributed by atoms with Gasteiger partial charge in [-0.3, -0.25) is 0 Å². The van der Waals surface area contributed by atoms with Crippen LogP contribution in [0.5, 0.6) is 0 Å². The molecule has 0 atom stereocenters. The third kappa shape index (κ3) is 3.09. The Hall–Kier alpha value is -3.97. The molecule has 51 heavy (non-hydrogen) atoms. The maximum Gasteiger partial charge on any atom is 0.248 e. The molecule has 0 unspecified atom stereocenters. The summed E-state index contributed by atoms with van der Waals surface area (Å²) >= 11 is 0. The Labute approximate surface area is 306 Å².